The van der Waals surface area contributed by atoms with E-state index in [9.17, 15) is 0 Å². The van der Waals surface area contributed by atoms with Crippen LogP contribution in [-0.2, 0) is 6.54 Å². The largest absolute Gasteiger partial charge is 0.344 e. The number of hydrogen-bond acceptors (Lipinski definition) is 0. The van der Waals surface area contributed by atoms with Crippen LogP contribution in [0, 0.1) is 6.92 Å². The van der Waals surface area contributed by atoms with Crippen LogP contribution in [0.1, 0.15) is 11.1 Å². The molecule has 0 saturated carbocycles. The molecule has 3 rings (SSSR count). The SMILES string of the molecule is Cc1cccc2c1ccn2C/C=C/c1ccccc1. The van der Waals surface area contributed by atoms with E-state index in [0.717, 1.165) is 6.54 Å². The maximum Gasteiger partial charge on any atom is 0.0485 e. The Labute approximate surface area is 113 Å². The Morgan fingerprint density at radius 2 is 1.79 bits per heavy atom. The lowest BCUT2D eigenvalue weighted by molar-refractivity contribution is 0.866. The van der Waals surface area contributed by atoms with Gasteiger partial charge in [0.05, 0.1) is 0 Å². The number of hydrogen-bond donors (Lipinski definition) is 0. The highest BCUT2D eigenvalue weighted by molar-refractivity contribution is 5.83. The summed E-state index contributed by atoms with van der Waals surface area (Å²) in [5, 5.41) is 1.34. The molecular formula is C18H17N. The summed E-state index contributed by atoms with van der Waals surface area (Å²) >= 11 is 0. The second-order valence-electron chi connectivity index (χ2n) is 4.79. The second-order valence-corrected chi connectivity index (χ2v) is 4.79. The van der Waals surface area contributed by atoms with Gasteiger partial charge in [-0.1, -0.05) is 54.6 Å². The van der Waals surface area contributed by atoms with Crippen LogP contribution in [0.3, 0.4) is 0 Å². The van der Waals surface area contributed by atoms with Crippen LogP contribution in [0.2, 0.25) is 0 Å². The Bertz CT molecular complexity index is 705. The zero-order valence-corrected chi connectivity index (χ0v) is 11.1. The van der Waals surface area contributed by atoms with E-state index in [1.807, 2.05) is 6.07 Å². The molecule has 0 N–H and O–H groups in total. The topological polar surface area (TPSA) is 4.93 Å². The number of nitrogens with zero attached hydrogens (tertiary/aromatic N) is 1. The second kappa shape index (κ2) is 5.15. The van der Waals surface area contributed by atoms with Crippen LogP contribution in [0.4, 0.5) is 0 Å². The molecule has 2 aromatic carbocycles. The summed E-state index contributed by atoms with van der Waals surface area (Å²) in [4.78, 5) is 0. The summed E-state index contributed by atoms with van der Waals surface area (Å²) in [6, 6.07) is 19.1. The number of aromatic nitrogens is 1. The lowest BCUT2D eigenvalue weighted by Crippen LogP contribution is -1.92. The predicted octanol–water partition coefficient (Wildman–Crippen LogP) is 4.66. The summed E-state index contributed by atoms with van der Waals surface area (Å²) in [6.07, 6.45) is 6.53. The quantitative estimate of drug-likeness (QED) is 0.634. The molecule has 0 unspecified atom stereocenters. The molecular weight excluding hydrogens is 230 g/mol. The monoisotopic (exact) mass is 247 g/mol. The molecule has 1 aromatic heterocycles. The fraction of sp³-hybridized carbons (Fsp3) is 0.111. The minimum absolute atomic E-state index is 0.905. The van der Waals surface area contributed by atoms with Gasteiger partial charge < -0.3 is 4.57 Å². The van der Waals surface area contributed by atoms with E-state index in [1.54, 1.807) is 0 Å². The van der Waals surface area contributed by atoms with Gasteiger partial charge in [-0.15, -0.1) is 0 Å². The van der Waals surface area contributed by atoms with Gasteiger partial charge in [0, 0.05) is 23.6 Å². The maximum absolute atomic E-state index is 2.28. The van der Waals surface area contributed by atoms with Crippen molar-refractivity contribution in [2.24, 2.45) is 0 Å². The van der Waals surface area contributed by atoms with Crippen LogP contribution >= 0.6 is 0 Å². The Balaban J connectivity index is 1.83. The first-order valence-corrected chi connectivity index (χ1v) is 6.60. The van der Waals surface area contributed by atoms with Gasteiger partial charge >= 0.3 is 0 Å². The molecule has 1 nitrogen and oxygen atoms in total. The zero-order valence-electron chi connectivity index (χ0n) is 11.1. The average Bonchev–Trinajstić information content (AvgIpc) is 2.85. The van der Waals surface area contributed by atoms with E-state index < -0.39 is 0 Å². The molecule has 0 radical (unpaired) electrons. The van der Waals surface area contributed by atoms with Crippen molar-refractivity contribution in [3.05, 3.63) is 78.0 Å². The molecule has 0 atom stereocenters. The maximum atomic E-state index is 2.28. The molecule has 0 spiro atoms. The highest BCUT2D eigenvalue weighted by Crippen LogP contribution is 2.19. The van der Waals surface area contributed by atoms with Crippen LogP contribution in [0.15, 0.2) is 66.9 Å². The predicted molar refractivity (Wildman–Crippen MR) is 82.2 cm³/mol. The molecule has 0 aliphatic heterocycles. The van der Waals surface area contributed by atoms with Crippen molar-refractivity contribution in [3.63, 3.8) is 0 Å². The Morgan fingerprint density at radius 1 is 0.947 bits per heavy atom. The third-order valence-electron chi connectivity index (χ3n) is 3.44. The van der Waals surface area contributed by atoms with Gasteiger partial charge in [0.1, 0.15) is 0 Å². The van der Waals surface area contributed by atoms with Crippen molar-refractivity contribution in [2.45, 2.75) is 13.5 Å². The van der Waals surface area contributed by atoms with E-state index in [4.69, 9.17) is 0 Å². The first kappa shape index (κ1) is 11.8. The van der Waals surface area contributed by atoms with Gasteiger partial charge in [0.2, 0.25) is 0 Å². The molecule has 1 heteroatoms. The molecule has 94 valence electrons. The molecule has 3 aromatic rings. The third kappa shape index (κ3) is 2.45. The van der Waals surface area contributed by atoms with Crippen molar-refractivity contribution in [2.75, 3.05) is 0 Å². The van der Waals surface area contributed by atoms with Crippen molar-refractivity contribution in [3.8, 4) is 0 Å². The first-order chi connectivity index (χ1) is 9.34. The highest BCUT2D eigenvalue weighted by Gasteiger charge is 2.00. The smallest absolute Gasteiger partial charge is 0.0485 e. The van der Waals surface area contributed by atoms with E-state index in [2.05, 4.69) is 78.4 Å². The number of aryl methyl sites for hydroxylation is 1. The van der Waals surface area contributed by atoms with Crippen molar-refractivity contribution in [1.29, 1.82) is 0 Å². The molecule has 0 aliphatic carbocycles. The Kier molecular flexibility index (Phi) is 3.20. The van der Waals surface area contributed by atoms with Gasteiger partial charge in [-0.2, -0.15) is 0 Å². The zero-order chi connectivity index (χ0) is 13.1. The van der Waals surface area contributed by atoms with Crippen LogP contribution in [-0.4, -0.2) is 4.57 Å². The van der Waals surface area contributed by atoms with E-state index >= 15 is 0 Å². The summed E-state index contributed by atoms with van der Waals surface area (Å²) in [5.74, 6) is 0. The lowest BCUT2D eigenvalue weighted by Gasteiger charge is -2.02. The van der Waals surface area contributed by atoms with Crippen LogP contribution in [0.25, 0.3) is 17.0 Å². The molecule has 0 saturated heterocycles. The van der Waals surface area contributed by atoms with Crippen molar-refractivity contribution >= 4 is 17.0 Å². The van der Waals surface area contributed by atoms with Gasteiger partial charge in [0.15, 0.2) is 0 Å². The van der Waals surface area contributed by atoms with Gasteiger partial charge in [-0.05, 0) is 30.2 Å². The number of rotatable bonds is 3. The van der Waals surface area contributed by atoms with Crippen molar-refractivity contribution < 1.29 is 0 Å². The minimum Gasteiger partial charge on any atom is -0.344 e. The highest BCUT2D eigenvalue weighted by atomic mass is 14.9. The van der Waals surface area contributed by atoms with Crippen LogP contribution < -0.4 is 0 Å². The number of benzene rings is 2. The minimum atomic E-state index is 0.905. The van der Waals surface area contributed by atoms with Crippen molar-refractivity contribution in [1.82, 2.24) is 4.57 Å². The summed E-state index contributed by atoms with van der Waals surface area (Å²) in [7, 11) is 0. The fourth-order valence-corrected chi connectivity index (χ4v) is 2.40. The lowest BCUT2D eigenvalue weighted by atomic mass is 10.1. The molecule has 0 fully saturated rings. The summed E-state index contributed by atoms with van der Waals surface area (Å²) in [5.41, 5.74) is 3.89. The third-order valence-corrected chi connectivity index (χ3v) is 3.44. The van der Waals surface area contributed by atoms with Gasteiger partial charge in [-0.3, -0.25) is 0 Å². The summed E-state index contributed by atoms with van der Waals surface area (Å²) in [6.45, 7) is 3.06. The number of allylic oxidation sites excluding steroid dienone is 1. The van der Waals surface area contributed by atoms with E-state index in [1.165, 1.54) is 22.0 Å². The molecule has 0 amide bonds. The molecule has 19 heavy (non-hydrogen) atoms. The van der Waals surface area contributed by atoms with E-state index in [-0.39, 0.29) is 0 Å². The standard InChI is InChI=1S/C18H17N/c1-15-7-5-11-18-17(15)12-14-19(18)13-6-10-16-8-3-2-4-9-16/h2-12,14H,13H2,1H3/b10-6+. The normalized spacial score (nSPS) is 11.4. The average molecular weight is 247 g/mol. The Morgan fingerprint density at radius 3 is 2.63 bits per heavy atom. The van der Waals surface area contributed by atoms with Crippen LogP contribution in [0.5, 0.6) is 0 Å². The van der Waals surface area contributed by atoms with E-state index in [0.29, 0.717) is 0 Å². The molecule has 0 bridgehead atoms. The Hall–Kier alpha value is -2.28. The summed E-state index contributed by atoms with van der Waals surface area (Å²) < 4.78 is 2.28. The van der Waals surface area contributed by atoms with Gasteiger partial charge in [0.25, 0.3) is 0 Å². The van der Waals surface area contributed by atoms with Gasteiger partial charge in [-0.25, -0.2) is 0 Å². The molecule has 1 heterocycles. The first-order valence-electron chi connectivity index (χ1n) is 6.60. The molecule has 0 aliphatic rings. The number of fused-ring (bicyclic) bond motifs is 1. The fourth-order valence-electron chi connectivity index (χ4n) is 2.40.